The third-order valence-electron chi connectivity index (χ3n) is 4.32. The van der Waals surface area contributed by atoms with E-state index in [9.17, 15) is 4.79 Å². The average molecular weight is 348 g/mol. The predicted molar refractivity (Wildman–Crippen MR) is 103 cm³/mol. The summed E-state index contributed by atoms with van der Waals surface area (Å²) in [6, 6.07) is 8.17. The van der Waals surface area contributed by atoms with Gasteiger partial charge in [0, 0.05) is 27.2 Å². The molecule has 0 heterocycles. The Morgan fingerprint density at radius 3 is 2.40 bits per heavy atom. The molecule has 0 fully saturated rings. The number of guanidine groups is 1. The lowest BCUT2D eigenvalue weighted by atomic mass is 9.92. The lowest BCUT2D eigenvalue weighted by Gasteiger charge is -2.24. The molecule has 1 atom stereocenters. The molecular weight excluding hydrogens is 316 g/mol. The summed E-state index contributed by atoms with van der Waals surface area (Å²) < 4.78 is 5.19. The normalized spacial score (nSPS) is 13.1. The van der Waals surface area contributed by atoms with E-state index in [0.29, 0.717) is 18.4 Å². The number of carbonyl (C=O) groups excluding carboxylic acids is 1. The smallest absolute Gasteiger partial charge is 0.227 e. The van der Waals surface area contributed by atoms with Gasteiger partial charge >= 0.3 is 0 Å². The molecule has 0 bridgehead atoms. The molecule has 25 heavy (non-hydrogen) atoms. The van der Waals surface area contributed by atoms with Crippen LogP contribution in [0.4, 0.5) is 0 Å². The standard InChI is InChI=1S/C19H32N4O2/c1-14(15-7-9-16(25-6)10-8-15)11-12-22-18(21-5)23-13-19(2,3)17(24)20-4/h7-10,14H,11-13H2,1-6H3,(H,20,24)(H2,21,22,23). The highest BCUT2D eigenvalue weighted by molar-refractivity contribution is 5.84. The summed E-state index contributed by atoms with van der Waals surface area (Å²) in [5.41, 5.74) is 0.786. The van der Waals surface area contributed by atoms with Crippen molar-refractivity contribution in [2.45, 2.75) is 33.1 Å². The van der Waals surface area contributed by atoms with Gasteiger partial charge in [-0.15, -0.1) is 0 Å². The quantitative estimate of drug-likeness (QED) is 0.497. The molecule has 1 aromatic rings. The number of amides is 1. The third kappa shape index (κ3) is 6.64. The zero-order chi connectivity index (χ0) is 18.9. The molecule has 3 N–H and O–H groups in total. The topological polar surface area (TPSA) is 74.8 Å². The predicted octanol–water partition coefficient (Wildman–Crippen LogP) is 2.13. The van der Waals surface area contributed by atoms with Crippen LogP contribution in [0.15, 0.2) is 29.3 Å². The molecule has 0 saturated carbocycles. The van der Waals surface area contributed by atoms with Gasteiger partial charge in [-0.2, -0.15) is 0 Å². The molecule has 6 nitrogen and oxygen atoms in total. The largest absolute Gasteiger partial charge is 0.497 e. The Hall–Kier alpha value is -2.24. The van der Waals surface area contributed by atoms with E-state index in [1.165, 1.54) is 5.56 Å². The number of benzene rings is 1. The van der Waals surface area contributed by atoms with E-state index in [-0.39, 0.29) is 5.91 Å². The number of ether oxygens (including phenoxy) is 1. The molecule has 0 aliphatic rings. The van der Waals surface area contributed by atoms with Crippen molar-refractivity contribution in [2.75, 3.05) is 34.3 Å². The lowest BCUT2D eigenvalue weighted by molar-refractivity contribution is -0.128. The summed E-state index contributed by atoms with van der Waals surface area (Å²) >= 11 is 0. The second kappa shape index (κ2) is 9.91. The third-order valence-corrected chi connectivity index (χ3v) is 4.32. The van der Waals surface area contributed by atoms with Crippen molar-refractivity contribution in [3.63, 3.8) is 0 Å². The maximum Gasteiger partial charge on any atom is 0.227 e. The van der Waals surface area contributed by atoms with E-state index in [2.05, 4.69) is 40.0 Å². The summed E-state index contributed by atoms with van der Waals surface area (Å²) in [6.45, 7) is 7.32. The molecule has 0 spiro atoms. The van der Waals surface area contributed by atoms with Crippen LogP contribution in [0.25, 0.3) is 0 Å². The molecule has 0 aliphatic carbocycles. The number of hydrogen-bond acceptors (Lipinski definition) is 3. The van der Waals surface area contributed by atoms with E-state index < -0.39 is 5.41 Å². The number of methoxy groups -OCH3 is 1. The first-order chi connectivity index (χ1) is 11.8. The minimum atomic E-state index is -0.497. The van der Waals surface area contributed by atoms with Crippen LogP contribution in [0, 0.1) is 5.41 Å². The summed E-state index contributed by atoms with van der Waals surface area (Å²) in [6.07, 6.45) is 0.978. The fourth-order valence-electron chi connectivity index (χ4n) is 2.45. The lowest BCUT2D eigenvalue weighted by Crippen LogP contribution is -2.47. The summed E-state index contributed by atoms with van der Waals surface area (Å²) in [5.74, 6) is 2.01. The van der Waals surface area contributed by atoms with Gasteiger partial charge < -0.3 is 20.7 Å². The van der Waals surface area contributed by atoms with Crippen LogP contribution in [0.2, 0.25) is 0 Å². The monoisotopic (exact) mass is 348 g/mol. The van der Waals surface area contributed by atoms with Gasteiger partial charge in [0.1, 0.15) is 5.75 Å². The van der Waals surface area contributed by atoms with E-state index in [1.807, 2.05) is 26.0 Å². The van der Waals surface area contributed by atoms with E-state index in [4.69, 9.17) is 4.74 Å². The highest BCUT2D eigenvalue weighted by Gasteiger charge is 2.26. The van der Waals surface area contributed by atoms with Crippen LogP contribution in [-0.4, -0.2) is 46.2 Å². The van der Waals surface area contributed by atoms with Crippen LogP contribution in [0.3, 0.4) is 0 Å². The summed E-state index contributed by atoms with van der Waals surface area (Å²) in [5, 5.41) is 9.20. The molecule has 1 rings (SSSR count). The van der Waals surface area contributed by atoms with Gasteiger partial charge in [0.2, 0.25) is 5.91 Å². The molecule has 0 aromatic heterocycles. The average Bonchev–Trinajstić information content (AvgIpc) is 2.63. The van der Waals surface area contributed by atoms with Gasteiger partial charge in [0.05, 0.1) is 12.5 Å². The highest BCUT2D eigenvalue weighted by atomic mass is 16.5. The molecule has 0 radical (unpaired) electrons. The van der Waals surface area contributed by atoms with Crippen molar-refractivity contribution >= 4 is 11.9 Å². The fourth-order valence-corrected chi connectivity index (χ4v) is 2.45. The van der Waals surface area contributed by atoms with Gasteiger partial charge in [0.15, 0.2) is 5.96 Å². The number of aliphatic imine (C=N–C) groups is 1. The van der Waals surface area contributed by atoms with E-state index in [0.717, 1.165) is 18.7 Å². The number of nitrogens with one attached hydrogen (secondary N) is 3. The molecule has 0 aliphatic heterocycles. The molecule has 1 unspecified atom stereocenters. The SMILES string of the molecule is CN=C(NCCC(C)c1ccc(OC)cc1)NCC(C)(C)C(=O)NC. The van der Waals surface area contributed by atoms with Gasteiger partial charge in [-0.3, -0.25) is 9.79 Å². The Morgan fingerprint density at radius 2 is 1.88 bits per heavy atom. The molecule has 1 amide bonds. The van der Waals surface area contributed by atoms with Gasteiger partial charge in [-0.05, 0) is 43.9 Å². The minimum Gasteiger partial charge on any atom is -0.497 e. The highest BCUT2D eigenvalue weighted by Crippen LogP contribution is 2.21. The maximum atomic E-state index is 11.8. The van der Waals surface area contributed by atoms with Crippen molar-refractivity contribution in [1.82, 2.24) is 16.0 Å². The van der Waals surface area contributed by atoms with Gasteiger partial charge in [0.25, 0.3) is 0 Å². The van der Waals surface area contributed by atoms with Crippen molar-refractivity contribution in [2.24, 2.45) is 10.4 Å². The number of carbonyl (C=O) groups is 1. The minimum absolute atomic E-state index is 0.00332. The zero-order valence-corrected chi connectivity index (χ0v) is 16.3. The first-order valence-corrected chi connectivity index (χ1v) is 8.64. The Kier molecular flexibility index (Phi) is 8.25. The Bertz CT molecular complexity index is 567. The fraction of sp³-hybridized carbons (Fsp3) is 0.579. The zero-order valence-electron chi connectivity index (χ0n) is 16.3. The maximum absolute atomic E-state index is 11.8. The molecule has 140 valence electrons. The van der Waals surface area contributed by atoms with Crippen LogP contribution in [0.5, 0.6) is 5.75 Å². The first-order valence-electron chi connectivity index (χ1n) is 8.64. The van der Waals surface area contributed by atoms with Crippen LogP contribution in [0.1, 0.15) is 38.7 Å². The Labute approximate surface area is 151 Å². The molecule has 1 aromatic carbocycles. The van der Waals surface area contributed by atoms with Gasteiger partial charge in [-0.25, -0.2) is 0 Å². The Morgan fingerprint density at radius 1 is 1.24 bits per heavy atom. The van der Waals surface area contributed by atoms with Crippen LogP contribution >= 0.6 is 0 Å². The summed E-state index contributed by atoms with van der Waals surface area (Å²) in [4.78, 5) is 16.0. The molecule has 6 heteroatoms. The molecule has 0 saturated heterocycles. The van der Waals surface area contributed by atoms with Crippen LogP contribution < -0.4 is 20.7 Å². The van der Waals surface area contributed by atoms with Crippen molar-refractivity contribution < 1.29 is 9.53 Å². The second-order valence-corrected chi connectivity index (χ2v) is 6.78. The number of nitrogens with zero attached hydrogens (tertiary/aromatic N) is 1. The van der Waals surface area contributed by atoms with Gasteiger partial charge in [-0.1, -0.05) is 19.1 Å². The Balaban J connectivity index is 2.43. The van der Waals surface area contributed by atoms with Crippen molar-refractivity contribution in [3.8, 4) is 5.75 Å². The number of hydrogen-bond donors (Lipinski definition) is 3. The number of rotatable bonds is 8. The van der Waals surface area contributed by atoms with Crippen LogP contribution in [-0.2, 0) is 4.79 Å². The second-order valence-electron chi connectivity index (χ2n) is 6.78. The summed E-state index contributed by atoms with van der Waals surface area (Å²) in [7, 11) is 5.05. The first kappa shape index (κ1) is 20.8. The van der Waals surface area contributed by atoms with Crippen molar-refractivity contribution in [1.29, 1.82) is 0 Å². The van der Waals surface area contributed by atoms with Crippen molar-refractivity contribution in [3.05, 3.63) is 29.8 Å². The van der Waals surface area contributed by atoms with E-state index >= 15 is 0 Å². The van der Waals surface area contributed by atoms with E-state index in [1.54, 1.807) is 21.2 Å². The molecular formula is C19H32N4O2.